The predicted molar refractivity (Wildman–Crippen MR) is 219 cm³/mol. The van der Waals surface area contributed by atoms with Crippen LogP contribution in [0.25, 0.3) is 74.2 Å². The molecule has 8 aromatic carbocycles. The topological polar surface area (TPSA) is 29.0 Å². The third-order valence-corrected chi connectivity index (χ3v) is 11.5. The van der Waals surface area contributed by atoms with Crippen LogP contribution in [0.4, 0.5) is 17.1 Å². The van der Waals surface area contributed by atoms with Gasteiger partial charge < -0.3 is 4.90 Å². The number of nitrogens with zero attached hydrogens (tertiary/aromatic N) is 3. The normalized spacial score (nSPS) is 12.1. The number of anilines is 3. The van der Waals surface area contributed by atoms with Gasteiger partial charge in [0.05, 0.1) is 23.2 Å². The lowest BCUT2D eigenvalue weighted by molar-refractivity contribution is 1.29. The van der Waals surface area contributed by atoms with Gasteiger partial charge in [0.1, 0.15) is 10.0 Å². The van der Waals surface area contributed by atoms with Crippen molar-refractivity contribution in [1.82, 2.24) is 9.97 Å². The summed E-state index contributed by atoms with van der Waals surface area (Å²) in [5, 5.41) is 5.72. The first kappa shape index (κ1) is 27.7. The van der Waals surface area contributed by atoms with Crippen LogP contribution in [-0.2, 0) is 0 Å². The van der Waals surface area contributed by atoms with Crippen LogP contribution in [0.15, 0.2) is 176 Å². The van der Waals surface area contributed by atoms with Crippen LogP contribution < -0.4 is 4.90 Å². The Hall–Kier alpha value is -6.14. The molecule has 0 saturated heterocycles. The highest BCUT2D eigenvalue weighted by molar-refractivity contribution is 7.22. The fourth-order valence-corrected chi connectivity index (χ4v) is 8.74. The summed E-state index contributed by atoms with van der Waals surface area (Å²) in [5.74, 6) is 0. The molecular formula is C46H29N3S2. The van der Waals surface area contributed by atoms with Gasteiger partial charge in [0.2, 0.25) is 0 Å². The molecule has 2 heterocycles. The predicted octanol–water partition coefficient (Wildman–Crippen LogP) is 13.7. The summed E-state index contributed by atoms with van der Waals surface area (Å²) in [5.41, 5.74) is 8.80. The molecule has 0 N–H and O–H groups in total. The Morgan fingerprint density at radius 3 is 1.63 bits per heavy atom. The molecule has 0 saturated carbocycles. The van der Waals surface area contributed by atoms with Crippen molar-refractivity contribution in [2.75, 3.05) is 4.90 Å². The summed E-state index contributed by atoms with van der Waals surface area (Å²) in [7, 11) is 0. The number of aromatic nitrogens is 2. The molecular weight excluding hydrogens is 659 g/mol. The number of para-hydroxylation sites is 2. The molecule has 0 unspecified atom stereocenters. The van der Waals surface area contributed by atoms with E-state index in [9.17, 15) is 2.74 Å². The minimum Gasteiger partial charge on any atom is -0.310 e. The molecule has 0 aliphatic heterocycles. The molecule has 0 atom stereocenters. The van der Waals surface area contributed by atoms with Crippen molar-refractivity contribution in [2.24, 2.45) is 0 Å². The number of benzene rings is 8. The fraction of sp³-hybridized carbons (Fsp3) is 0. The van der Waals surface area contributed by atoms with Crippen molar-refractivity contribution in [2.45, 2.75) is 0 Å². The molecule has 10 rings (SSSR count). The van der Waals surface area contributed by atoms with Gasteiger partial charge in [-0.15, -0.1) is 22.7 Å². The maximum absolute atomic E-state index is 9.32. The molecule has 240 valence electrons. The quantitative estimate of drug-likeness (QED) is 0.174. The van der Waals surface area contributed by atoms with Crippen molar-refractivity contribution in [3.63, 3.8) is 0 Å². The van der Waals surface area contributed by atoms with E-state index in [0.29, 0.717) is 12.1 Å². The second-order valence-corrected chi connectivity index (χ2v) is 14.6. The van der Waals surface area contributed by atoms with E-state index in [1.165, 1.54) is 0 Å². The van der Waals surface area contributed by atoms with E-state index in [-0.39, 0.29) is 0 Å². The second-order valence-electron chi connectivity index (χ2n) is 12.5. The lowest BCUT2D eigenvalue weighted by atomic mass is 9.96. The first-order valence-corrected chi connectivity index (χ1v) is 18.4. The molecule has 5 heteroatoms. The Bertz CT molecular complexity index is 2800. The smallest absolute Gasteiger partial charge is 0.124 e. The first-order chi connectivity index (χ1) is 26.1. The van der Waals surface area contributed by atoms with Crippen LogP contribution >= 0.6 is 22.7 Å². The van der Waals surface area contributed by atoms with Crippen molar-refractivity contribution in [3.05, 3.63) is 176 Å². The summed E-state index contributed by atoms with van der Waals surface area (Å²) < 4.78 is 20.9. The van der Waals surface area contributed by atoms with Gasteiger partial charge in [-0.1, -0.05) is 84.9 Å². The number of rotatable bonds is 6. The largest absolute Gasteiger partial charge is 0.310 e. The molecule has 0 aliphatic carbocycles. The van der Waals surface area contributed by atoms with Crippen LogP contribution in [0.5, 0.6) is 0 Å². The lowest BCUT2D eigenvalue weighted by Gasteiger charge is -2.26. The van der Waals surface area contributed by atoms with Crippen molar-refractivity contribution in [1.29, 1.82) is 0 Å². The number of fused-ring (bicyclic) bond motifs is 4. The highest BCUT2D eigenvalue weighted by Crippen LogP contribution is 2.40. The Morgan fingerprint density at radius 1 is 0.431 bits per heavy atom. The summed E-state index contributed by atoms with van der Waals surface area (Å²) in [6, 6.07) is 56.6. The molecule has 0 bridgehead atoms. The Kier molecular flexibility index (Phi) is 6.68. The molecule has 2 aromatic heterocycles. The zero-order valence-corrected chi connectivity index (χ0v) is 28.9. The van der Waals surface area contributed by atoms with E-state index in [1.807, 2.05) is 66.7 Å². The zero-order valence-electron chi connectivity index (χ0n) is 29.2. The molecule has 0 spiro atoms. The van der Waals surface area contributed by atoms with Crippen molar-refractivity contribution < 1.29 is 2.74 Å². The maximum atomic E-state index is 9.32. The van der Waals surface area contributed by atoms with Gasteiger partial charge in [-0.2, -0.15) is 0 Å². The van der Waals surface area contributed by atoms with Crippen LogP contribution in [0.1, 0.15) is 2.74 Å². The Morgan fingerprint density at radius 2 is 0.980 bits per heavy atom. The van der Waals surface area contributed by atoms with Gasteiger partial charge in [0.15, 0.2) is 0 Å². The van der Waals surface area contributed by atoms with Crippen LogP contribution in [0, 0.1) is 0 Å². The molecule has 0 radical (unpaired) electrons. The van der Waals surface area contributed by atoms with Crippen molar-refractivity contribution in [3.8, 4) is 32.3 Å². The van der Waals surface area contributed by atoms with Gasteiger partial charge in [-0.25, -0.2) is 9.97 Å². The van der Waals surface area contributed by atoms with Crippen LogP contribution in [0.2, 0.25) is 0 Å². The summed E-state index contributed by atoms with van der Waals surface area (Å²) in [4.78, 5) is 11.9. The molecule has 0 aliphatic rings. The summed E-state index contributed by atoms with van der Waals surface area (Å²) in [6.45, 7) is 0. The highest BCUT2D eigenvalue weighted by atomic mass is 32.1. The minimum atomic E-state index is 0.371. The van der Waals surface area contributed by atoms with Gasteiger partial charge >= 0.3 is 0 Å². The zero-order chi connectivity index (χ0) is 35.5. The average Bonchev–Trinajstić information content (AvgIpc) is 3.84. The SMILES string of the molecule is [2H]c1cc(N(c2ccc(-c3nc4ccccc4s3)cc2)c2ccc(-c3nc4ccccc4s3)cc2)cc2c([2H])cc(-c3cccc4ccccc34)cc12. The van der Waals surface area contributed by atoms with Gasteiger partial charge in [-0.3, -0.25) is 0 Å². The van der Waals surface area contributed by atoms with E-state index in [4.69, 9.17) is 9.97 Å². The number of hydrogen-bond donors (Lipinski definition) is 0. The summed E-state index contributed by atoms with van der Waals surface area (Å²) >= 11 is 3.38. The summed E-state index contributed by atoms with van der Waals surface area (Å²) in [6.07, 6.45) is 0. The highest BCUT2D eigenvalue weighted by Gasteiger charge is 2.16. The van der Waals surface area contributed by atoms with Gasteiger partial charge in [-0.05, 0) is 124 Å². The number of thiazole rings is 2. The van der Waals surface area contributed by atoms with Crippen molar-refractivity contribution >= 4 is 81.7 Å². The lowest BCUT2D eigenvalue weighted by Crippen LogP contribution is -2.09. The van der Waals surface area contributed by atoms with E-state index < -0.39 is 0 Å². The fourth-order valence-electron chi connectivity index (χ4n) is 6.79. The van der Waals surface area contributed by atoms with Crippen LogP contribution in [-0.4, -0.2) is 9.97 Å². The van der Waals surface area contributed by atoms with E-state index in [1.54, 1.807) is 22.7 Å². The maximum Gasteiger partial charge on any atom is 0.124 e. The molecule has 10 aromatic rings. The molecule has 0 fully saturated rings. The van der Waals surface area contributed by atoms with E-state index in [0.717, 1.165) is 91.3 Å². The van der Waals surface area contributed by atoms with Gasteiger partial charge in [0.25, 0.3) is 0 Å². The Labute approximate surface area is 306 Å². The monoisotopic (exact) mass is 689 g/mol. The number of hydrogen-bond acceptors (Lipinski definition) is 5. The van der Waals surface area contributed by atoms with Crippen LogP contribution in [0.3, 0.4) is 0 Å². The average molecular weight is 690 g/mol. The standard InChI is InChI=1S/C46H29N3S2/c1-2-10-39-30(8-1)9-7-11-40(39)35-17-16-34-29-38(27-22-33(34)28-35)49(36-23-18-31(19-24-36)45-47-41-12-3-5-14-43(41)50-45)37-25-20-32(21-26-37)46-48-42-13-4-6-15-44(42)51-46/h1-29H/i16D,22D. The third-order valence-electron chi connectivity index (χ3n) is 9.33. The molecule has 3 nitrogen and oxygen atoms in total. The van der Waals surface area contributed by atoms with E-state index in [2.05, 4.69) is 102 Å². The Balaban J connectivity index is 1.09. The third kappa shape index (κ3) is 5.44. The van der Waals surface area contributed by atoms with E-state index >= 15 is 0 Å². The molecule has 0 amide bonds. The first-order valence-electron chi connectivity index (χ1n) is 17.8. The second kappa shape index (κ2) is 12.3. The van der Waals surface area contributed by atoms with Gasteiger partial charge in [0, 0.05) is 28.2 Å². The molecule has 51 heavy (non-hydrogen) atoms. The minimum absolute atomic E-state index is 0.371.